The molecule has 0 aliphatic carbocycles. The van der Waals surface area contributed by atoms with E-state index in [0.29, 0.717) is 5.82 Å². The normalized spacial score (nSPS) is 12.2. The maximum Gasteiger partial charge on any atom is 0.311 e. The third kappa shape index (κ3) is 4.22. The van der Waals surface area contributed by atoms with Crippen LogP contribution in [0.25, 0.3) is 0 Å². The Kier molecular flexibility index (Phi) is 5.21. The van der Waals surface area contributed by atoms with E-state index in [1.165, 1.54) is 6.07 Å². The van der Waals surface area contributed by atoms with Gasteiger partial charge in [0.05, 0.1) is 4.92 Å². The second-order valence-corrected chi connectivity index (χ2v) is 4.95. The van der Waals surface area contributed by atoms with Crippen LogP contribution in [-0.2, 0) is 0 Å². The van der Waals surface area contributed by atoms with E-state index < -0.39 is 4.92 Å². The van der Waals surface area contributed by atoms with Crippen molar-refractivity contribution in [1.29, 1.82) is 0 Å². The molecule has 1 atom stereocenters. The lowest BCUT2D eigenvalue weighted by atomic mass is 10.2. The van der Waals surface area contributed by atoms with Crippen LogP contribution >= 0.6 is 11.8 Å². The lowest BCUT2D eigenvalue weighted by Crippen LogP contribution is -2.17. The van der Waals surface area contributed by atoms with Gasteiger partial charge in [0.15, 0.2) is 0 Å². The Balaban J connectivity index is 2.79. The molecular weight excluding hydrogens is 238 g/mol. The summed E-state index contributed by atoms with van der Waals surface area (Å²) in [6.07, 6.45) is 4.63. The number of anilines is 1. The lowest BCUT2D eigenvalue weighted by Gasteiger charge is -2.13. The fourth-order valence-corrected chi connectivity index (χ4v) is 1.99. The molecule has 0 radical (unpaired) electrons. The Morgan fingerprint density at radius 1 is 1.65 bits per heavy atom. The zero-order valence-electron chi connectivity index (χ0n) is 10.3. The van der Waals surface area contributed by atoms with E-state index in [1.807, 2.05) is 13.2 Å². The minimum atomic E-state index is -0.399. The number of nitrogens with zero attached hydrogens (tertiary/aromatic N) is 2. The number of pyridine rings is 1. The van der Waals surface area contributed by atoms with E-state index in [1.54, 1.807) is 24.9 Å². The molecule has 1 unspecified atom stereocenters. The number of nitro groups is 1. The molecule has 0 saturated carbocycles. The van der Waals surface area contributed by atoms with Crippen LogP contribution in [0.2, 0.25) is 0 Å². The van der Waals surface area contributed by atoms with Crippen LogP contribution < -0.4 is 5.32 Å². The first-order valence-corrected chi connectivity index (χ1v) is 6.80. The molecule has 17 heavy (non-hydrogen) atoms. The van der Waals surface area contributed by atoms with Crippen molar-refractivity contribution in [2.75, 3.05) is 17.3 Å². The Labute approximate surface area is 105 Å². The van der Waals surface area contributed by atoms with Gasteiger partial charge in [0, 0.05) is 18.3 Å². The first-order valence-electron chi connectivity index (χ1n) is 5.41. The average molecular weight is 255 g/mol. The van der Waals surface area contributed by atoms with Crippen molar-refractivity contribution in [3.05, 3.63) is 27.9 Å². The molecule has 1 heterocycles. The summed E-state index contributed by atoms with van der Waals surface area (Å²) < 4.78 is 0. The van der Waals surface area contributed by atoms with E-state index in [0.717, 1.165) is 17.7 Å². The highest BCUT2D eigenvalue weighted by Gasteiger charge is 2.16. The van der Waals surface area contributed by atoms with Crippen molar-refractivity contribution in [3.8, 4) is 0 Å². The van der Waals surface area contributed by atoms with Gasteiger partial charge in [0.1, 0.15) is 0 Å². The first kappa shape index (κ1) is 13.8. The van der Waals surface area contributed by atoms with Gasteiger partial charge in [-0.3, -0.25) is 10.1 Å². The maximum atomic E-state index is 10.9. The smallest absolute Gasteiger partial charge is 0.311 e. The SMILES string of the molecule is CSCCC(C)Nc1ncc(C)cc1[N+](=O)[O-]. The van der Waals surface area contributed by atoms with E-state index in [2.05, 4.69) is 10.3 Å². The van der Waals surface area contributed by atoms with Crippen LogP contribution in [0.3, 0.4) is 0 Å². The van der Waals surface area contributed by atoms with Crippen molar-refractivity contribution in [2.24, 2.45) is 0 Å². The van der Waals surface area contributed by atoms with Gasteiger partial charge in [-0.15, -0.1) is 0 Å². The van der Waals surface area contributed by atoms with Crippen molar-refractivity contribution in [2.45, 2.75) is 26.3 Å². The molecule has 0 aromatic carbocycles. The molecule has 0 fully saturated rings. The molecule has 1 rings (SSSR count). The number of hydrogen-bond acceptors (Lipinski definition) is 5. The van der Waals surface area contributed by atoms with E-state index in [4.69, 9.17) is 0 Å². The summed E-state index contributed by atoms with van der Waals surface area (Å²) >= 11 is 1.76. The monoisotopic (exact) mass is 255 g/mol. The summed E-state index contributed by atoms with van der Waals surface area (Å²) in [6.45, 7) is 3.79. The van der Waals surface area contributed by atoms with Gasteiger partial charge in [-0.2, -0.15) is 11.8 Å². The van der Waals surface area contributed by atoms with E-state index >= 15 is 0 Å². The van der Waals surface area contributed by atoms with Gasteiger partial charge in [0.25, 0.3) is 0 Å². The van der Waals surface area contributed by atoms with Crippen molar-refractivity contribution < 1.29 is 4.92 Å². The third-order valence-electron chi connectivity index (χ3n) is 2.34. The van der Waals surface area contributed by atoms with Crippen molar-refractivity contribution in [3.63, 3.8) is 0 Å². The molecule has 0 aliphatic rings. The Bertz CT molecular complexity index is 398. The molecule has 1 N–H and O–H groups in total. The highest BCUT2D eigenvalue weighted by molar-refractivity contribution is 7.98. The number of aryl methyl sites for hydroxylation is 1. The zero-order valence-corrected chi connectivity index (χ0v) is 11.1. The molecule has 1 aromatic heterocycles. The summed E-state index contributed by atoms with van der Waals surface area (Å²) in [5.41, 5.74) is 0.833. The first-order chi connectivity index (χ1) is 8.04. The van der Waals surface area contributed by atoms with Gasteiger partial charge in [-0.25, -0.2) is 4.98 Å². The predicted molar refractivity (Wildman–Crippen MR) is 71.7 cm³/mol. The number of hydrogen-bond donors (Lipinski definition) is 1. The van der Waals surface area contributed by atoms with Crippen LogP contribution in [0.15, 0.2) is 12.3 Å². The molecule has 0 bridgehead atoms. The largest absolute Gasteiger partial charge is 0.362 e. The Hall–Kier alpha value is -1.30. The number of nitrogens with one attached hydrogen (secondary N) is 1. The second-order valence-electron chi connectivity index (χ2n) is 3.96. The van der Waals surface area contributed by atoms with E-state index in [-0.39, 0.29) is 11.7 Å². The Morgan fingerprint density at radius 3 is 2.94 bits per heavy atom. The lowest BCUT2D eigenvalue weighted by molar-refractivity contribution is -0.384. The standard InChI is InChI=1S/C11H17N3O2S/c1-8-6-10(14(15)16)11(12-7-8)13-9(2)4-5-17-3/h6-7,9H,4-5H2,1-3H3,(H,12,13). The molecule has 1 aromatic rings. The predicted octanol–water partition coefficient (Wildman–Crippen LogP) is 2.85. The third-order valence-corrected chi connectivity index (χ3v) is 2.98. The van der Waals surface area contributed by atoms with Crippen LogP contribution in [0.4, 0.5) is 11.5 Å². The molecule has 94 valence electrons. The fourth-order valence-electron chi connectivity index (χ4n) is 1.40. The molecule has 5 nitrogen and oxygen atoms in total. The van der Waals surface area contributed by atoms with Crippen LogP contribution in [0.5, 0.6) is 0 Å². The number of rotatable bonds is 6. The van der Waals surface area contributed by atoms with E-state index in [9.17, 15) is 10.1 Å². The molecule has 6 heteroatoms. The summed E-state index contributed by atoms with van der Waals surface area (Å²) in [7, 11) is 0. The maximum absolute atomic E-state index is 10.9. The highest BCUT2D eigenvalue weighted by Crippen LogP contribution is 2.23. The van der Waals surface area contributed by atoms with Gasteiger partial charge in [-0.05, 0) is 37.8 Å². The fraction of sp³-hybridized carbons (Fsp3) is 0.545. The van der Waals surface area contributed by atoms with Gasteiger partial charge >= 0.3 is 5.69 Å². The summed E-state index contributed by atoms with van der Waals surface area (Å²) in [5.74, 6) is 1.38. The Morgan fingerprint density at radius 2 is 2.35 bits per heavy atom. The molecule has 0 spiro atoms. The zero-order chi connectivity index (χ0) is 12.8. The molecule has 0 saturated heterocycles. The molecular formula is C11H17N3O2S. The quantitative estimate of drug-likeness (QED) is 0.625. The van der Waals surface area contributed by atoms with Gasteiger partial charge in [-0.1, -0.05) is 0 Å². The number of thioether (sulfide) groups is 1. The summed E-state index contributed by atoms with van der Waals surface area (Å²) in [6, 6.07) is 1.72. The minimum Gasteiger partial charge on any atom is -0.362 e. The minimum absolute atomic E-state index is 0.0426. The topological polar surface area (TPSA) is 68.1 Å². The van der Waals surface area contributed by atoms with Crippen LogP contribution in [0, 0.1) is 17.0 Å². The highest BCUT2D eigenvalue weighted by atomic mass is 32.2. The van der Waals surface area contributed by atoms with Crippen molar-refractivity contribution >= 4 is 23.3 Å². The summed E-state index contributed by atoms with van der Waals surface area (Å²) in [4.78, 5) is 14.6. The van der Waals surface area contributed by atoms with Crippen molar-refractivity contribution in [1.82, 2.24) is 4.98 Å². The second kappa shape index (κ2) is 6.44. The van der Waals surface area contributed by atoms with Crippen LogP contribution in [0.1, 0.15) is 18.9 Å². The van der Waals surface area contributed by atoms with Crippen LogP contribution in [-0.4, -0.2) is 28.0 Å². The van der Waals surface area contributed by atoms with Gasteiger partial charge in [0.2, 0.25) is 5.82 Å². The van der Waals surface area contributed by atoms with Gasteiger partial charge < -0.3 is 5.32 Å². The molecule has 0 amide bonds. The summed E-state index contributed by atoms with van der Waals surface area (Å²) in [5, 5.41) is 14.0. The average Bonchev–Trinajstić information content (AvgIpc) is 2.28. The number of aromatic nitrogens is 1. The molecule has 0 aliphatic heterocycles.